The van der Waals surface area contributed by atoms with Crippen LogP contribution in [0.25, 0.3) is 0 Å². The number of amides is 1. The van der Waals surface area contributed by atoms with Crippen LogP contribution < -0.4 is 0 Å². The molecule has 1 N–H and O–H groups in total. The second kappa shape index (κ2) is 13.3. The number of carbonyl (C=O) groups is 2. The molecule has 2 aliphatic heterocycles. The fourth-order valence-electron chi connectivity index (χ4n) is 6.71. The second-order valence-electron chi connectivity index (χ2n) is 11.2. The average molecular weight is 544 g/mol. The van der Waals surface area contributed by atoms with Gasteiger partial charge in [-0.3, -0.25) is 14.5 Å². The van der Waals surface area contributed by atoms with Crippen molar-refractivity contribution in [3.63, 3.8) is 0 Å². The smallest absolute Gasteiger partial charge is 0.328 e. The fourth-order valence-corrected chi connectivity index (χ4v) is 6.71. The molecule has 1 amide bonds. The number of carbonyl (C=O) groups excluding carboxylic acids is 1. The molecule has 2 aromatic carbocycles. The third-order valence-corrected chi connectivity index (χ3v) is 8.73. The largest absolute Gasteiger partial charge is 0.480 e. The van der Waals surface area contributed by atoms with Gasteiger partial charge < -0.3 is 19.3 Å². The van der Waals surface area contributed by atoms with Crippen LogP contribution in [0.4, 0.5) is 0 Å². The molecule has 0 aliphatic carbocycles. The quantitative estimate of drug-likeness (QED) is 0.364. The molecule has 7 nitrogen and oxygen atoms in total. The summed E-state index contributed by atoms with van der Waals surface area (Å²) in [4.78, 5) is 32.1. The van der Waals surface area contributed by atoms with Crippen molar-refractivity contribution < 1.29 is 19.1 Å². The van der Waals surface area contributed by atoms with Crippen LogP contribution in [-0.2, 0) is 16.0 Å². The Balaban J connectivity index is 1.21. The van der Waals surface area contributed by atoms with Gasteiger partial charge in [0.2, 0.25) is 5.91 Å². The van der Waals surface area contributed by atoms with Gasteiger partial charge in [-0.15, -0.1) is 0 Å². The Morgan fingerprint density at radius 3 is 2.30 bits per heavy atom. The number of aliphatic carboxylic acids is 1. The van der Waals surface area contributed by atoms with E-state index in [0.29, 0.717) is 31.2 Å². The van der Waals surface area contributed by atoms with E-state index in [9.17, 15) is 14.7 Å². The minimum absolute atomic E-state index is 0.248. The van der Waals surface area contributed by atoms with Crippen LogP contribution in [-0.4, -0.2) is 77.0 Å². The van der Waals surface area contributed by atoms with Crippen LogP contribution in [0.3, 0.4) is 0 Å². The van der Waals surface area contributed by atoms with Crippen LogP contribution in [0.15, 0.2) is 83.5 Å². The van der Waals surface area contributed by atoms with Gasteiger partial charge in [0.05, 0.1) is 6.26 Å². The Morgan fingerprint density at radius 2 is 1.68 bits per heavy atom. The van der Waals surface area contributed by atoms with E-state index in [0.717, 1.165) is 45.4 Å². The van der Waals surface area contributed by atoms with Crippen LogP contribution in [0.2, 0.25) is 0 Å². The summed E-state index contributed by atoms with van der Waals surface area (Å²) in [5.74, 6) is 0.420. The van der Waals surface area contributed by atoms with E-state index >= 15 is 0 Å². The molecule has 3 heterocycles. The van der Waals surface area contributed by atoms with Crippen LogP contribution in [0, 0.1) is 5.92 Å². The number of benzene rings is 2. The van der Waals surface area contributed by atoms with Crippen molar-refractivity contribution in [3.05, 3.63) is 95.9 Å². The molecule has 0 radical (unpaired) electrons. The maximum absolute atomic E-state index is 13.1. The predicted molar refractivity (Wildman–Crippen MR) is 155 cm³/mol. The monoisotopic (exact) mass is 543 g/mol. The predicted octanol–water partition coefficient (Wildman–Crippen LogP) is 5.07. The molecular weight excluding hydrogens is 502 g/mol. The molecule has 5 rings (SSSR count). The highest BCUT2D eigenvalue weighted by molar-refractivity contribution is 5.77. The number of piperidine rings is 1. The number of hydrogen-bond donors (Lipinski definition) is 1. The zero-order valence-electron chi connectivity index (χ0n) is 23.4. The Morgan fingerprint density at radius 1 is 0.975 bits per heavy atom. The first-order chi connectivity index (χ1) is 19.5. The summed E-state index contributed by atoms with van der Waals surface area (Å²) in [5, 5.41) is 10.1. The van der Waals surface area contributed by atoms with E-state index < -0.39 is 12.0 Å². The third-order valence-electron chi connectivity index (χ3n) is 8.73. The van der Waals surface area contributed by atoms with Gasteiger partial charge in [-0.25, -0.2) is 0 Å². The SMILES string of the molecule is CCN(C(=O)CCc1ccccc1)C1CCN(CC2CN(C(C(=O)O)c3ccco3)CC2c2ccccc2)CC1. The van der Waals surface area contributed by atoms with Gasteiger partial charge in [0, 0.05) is 57.6 Å². The standard InChI is InChI=1S/C33H41N3O4/c1-2-36(31(37)16-15-25-10-5-3-6-11-25)28-17-19-34(20-18-28)22-27-23-35(24-29(27)26-12-7-4-8-13-26)32(33(38)39)30-14-9-21-40-30/h3-14,21,27-29,32H,2,15-20,22-24H2,1H3,(H,38,39). The zero-order chi connectivity index (χ0) is 27.9. The van der Waals surface area contributed by atoms with E-state index in [1.807, 2.05) is 24.3 Å². The lowest BCUT2D eigenvalue weighted by atomic mass is 9.88. The van der Waals surface area contributed by atoms with E-state index in [1.165, 1.54) is 11.1 Å². The van der Waals surface area contributed by atoms with Gasteiger partial charge >= 0.3 is 5.97 Å². The van der Waals surface area contributed by atoms with Gasteiger partial charge in [0.25, 0.3) is 0 Å². The molecule has 40 heavy (non-hydrogen) atoms. The molecule has 2 aliphatic rings. The van der Waals surface area contributed by atoms with Gasteiger partial charge in [0.15, 0.2) is 6.04 Å². The lowest BCUT2D eigenvalue weighted by Gasteiger charge is -2.39. The third kappa shape index (κ3) is 6.65. The van der Waals surface area contributed by atoms with Gasteiger partial charge in [-0.1, -0.05) is 60.7 Å². The highest BCUT2D eigenvalue weighted by atomic mass is 16.4. The normalized spacial score (nSPS) is 21.3. The van der Waals surface area contributed by atoms with Crippen LogP contribution in [0.1, 0.15) is 55.0 Å². The molecule has 3 atom stereocenters. The van der Waals surface area contributed by atoms with Crippen molar-refractivity contribution in [2.24, 2.45) is 5.92 Å². The Labute approximate surface area is 237 Å². The minimum atomic E-state index is -0.875. The fraction of sp³-hybridized carbons (Fsp3) is 0.455. The van der Waals surface area contributed by atoms with E-state index in [1.54, 1.807) is 18.4 Å². The lowest BCUT2D eigenvalue weighted by molar-refractivity contribution is -0.144. The highest BCUT2D eigenvalue weighted by Crippen LogP contribution is 2.38. The summed E-state index contributed by atoms with van der Waals surface area (Å²) < 4.78 is 5.54. The Bertz CT molecular complexity index is 1210. The number of rotatable bonds is 11. The first-order valence-corrected chi connectivity index (χ1v) is 14.6. The number of carboxylic acid groups (broad SMARTS) is 1. The number of carboxylic acids is 1. The van der Waals surface area contributed by atoms with Gasteiger partial charge in [0.1, 0.15) is 5.76 Å². The topological polar surface area (TPSA) is 77.2 Å². The molecule has 7 heteroatoms. The molecule has 0 spiro atoms. The minimum Gasteiger partial charge on any atom is -0.480 e. The Kier molecular flexibility index (Phi) is 9.34. The summed E-state index contributed by atoms with van der Waals surface area (Å²) in [6, 6.07) is 23.7. The highest BCUT2D eigenvalue weighted by Gasteiger charge is 2.42. The van der Waals surface area contributed by atoms with Crippen molar-refractivity contribution in [2.75, 3.05) is 39.3 Å². The van der Waals surface area contributed by atoms with Crippen LogP contribution in [0.5, 0.6) is 0 Å². The van der Waals surface area contributed by atoms with Crippen LogP contribution >= 0.6 is 0 Å². The van der Waals surface area contributed by atoms with Gasteiger partial charge in [-0.2, -0.15) is 0 Å². The molecular formula is C33H41N3O4. The molecule has 2 fully saturated rings. The summed E-state index contributed by atoms with van der Waals surface area (Å²) in [6.45, 7) is 7.04. The van der Waals surface area contributed by atoms with E-state index in [-0.39, 0.29) is 17.9 Å². The number of nitrogens with zero attached hydrogens (tertiary/aromatic N) is 3. The van der Waals surface area contributed by atoms with Crippen molar-refractivity contribution in [2.45, 2.75) is 50.6 Å². The van der Waals surface area contributed by atoms with E-state index in [4.69, 9.17) is 4.42 Å². The summed E-state index contributed by atoms with van der Waals surface area (Å²) in [7, 11) is 0. The Hall–Kier alpha value is -3.42. The van der Waals surface area contributed by atoms with Crippen molar-refractivity contribution >= 4 is 11.9 Å². The summed E-state index contributed by atoms with van der Waals surface area (Å²) in [6.07, 6.45) is 4.82. The molecule has 3 aromatic rings. The van der Waals surface area contributed by atoms with Gasteiger partial charge in [-0.05, 0) is 55.4 Å². The maximum Gasteiger partial charge on any atom is 0.328 e. The first kappa shape index (κ1) is 28.1. The second-order valence-corrected chi connectivity index (χ2v) is 11.2. The molecule has 3 unspecified atom stereocenters. The molecule has 212 valence electrons. The van der Waals surface area contributed by atoms with Crippen molar-refractivity contribution in [1.29, 1.82) is 0 Å². The van der Waals surface area contributed by atoms with E-state index in [2.05, 4.69) is 58.0 Å². The average Bonchev–Trinajstić information content (AvgIpc) is 3.65. The number of aryl methyl sites for hydroxylation is 1. The molecule has 1 aromatic heterocycles. The lowest BCUT2D eigenvalue weighted by Crippen LogP contribution is -2.48. The van der Waals surface area contributed by atoms with Crippen molar-refractivity contribution in [3.8, 4) is 0 Å². The number of likely N-dealkylation sites (tertiary alicyclic amines) is 2. The number of furan rings is 1. The first-order valence-electron chi connectivity index (χ1n) is 14.6. The zero-order valence-corrected chi connectivity index (χ0v) is 23.4. The summed E-state index contributed by atoms with van der Waals surface area (Å²) >= 11 is 0. The molecule has 0 bridgehead atoms. The molecule has 2 saturated heterocycles. The molecule has 0 saturated carbocycles. The number of hydrogen-bond acceptors (Lipinski definition) is 5. The summed E-state index contributed by atoms with van der Waals surface area (Å²) in [5.41, 5.74) is 2.46. The van der Waals surface area contributed by atoms with Crippen molar-refractivity contribution in [1.82, 2.24) is 14.7 Å². The maximum atomic E-state index is 13.1.